The van der Waals surface area contributed by atoms with Crippen LogP contribution in [0.2, 0.25) is 0 Å². The summed E-state index contributed by atoms with van der Waals surface area (Å²) in [6, 6.07) is 0. The molecule has 7 heteroatoms. The molecule has 108 valence electrons. The van der Waals surface area contributed by atoms with E-state index >= 15 is 0 Å². The van der Waals surface area contributed by atoms with E-state index in [-0.39, 0.29) is 11.5 Å². The molecule has 0 amide bonds. The van der Waals surface area contributed by atoms with Gasteiger partial charge in [0.05, 0.1) is 6.10 Å². The molecule has 0 aromatic carbocycles. The van der Waals surface area contributed by atoms with Gasteiger partial charge in [0.15, 0.2) is 6.10 Å². The highest BCUT2D eigenvalue weighted by Gasteiger charge is 2.45. The van der Waals surface area contributed by atoms with Crippen molar-refractivity contribution >= 4 is 5.78 Å². The van der Waals surface area contributed by atoms with E-state index in [0.717, 1.165) is 0 Å². The second kappa shape index (κ2) is 5.09. The first-order valence-electron chi connectivity index (χ1n) is 6.11. The summed E-state index contributed by atoms with van der Waals surface area (Å²) in [5, 5.41) is 29.0. The maximum atomic E-state index is 11.8. The molecule has 0 aromatic heterocycles. The normalized spacial score (nSPS) is 43.4. The van der Waals surface area contributed by atoms with Crippen LogP contribution in [0.1, 0.15) is 20.8 Å². The lowest BCUT2D eigenvalue weighted by Gasteiger charge is -2.38. The number of ether oxygens (including phenoxy) is 3. The summed E-state index contributed by atoms with van der Waals surface area (Å²) < 4.78 is 15.8. The van der Waals surface area contributed by atoms with E-state index in [1.165, 1.54) is 6.92 Å². The molecule has 3 N–H and O–H groups in total. The third kappa shape index (κ3) is 2.46. The first-order chi connectivity index (χ1) is 8.82. The van der Waals surface area contributed by atoms with Crippen molar-refractivity contribution in [3.05, 3.63) is 11.5 Å². The van der Waals surface area contributed by atoms with Crippen molar-refractivity contribution in [3.8, 4) is 0 Å². The van der Waals surface area contributed by atoms with Gasteiger partial charge in [-0.1, -0.05) is 0 Å². The summed E-state index contributed by atoms with van der Waals surface area (Å²) in [6.45, 7) is 4.69. The van der Waals surface area contributed by atoms with Gasteiger partial charge in [0.1, 0.15) is 24.1 Å². The lowest BCUT2D eigenvalue weighted by atomic mass is 10.00. The summed E-state index contributed by atoms with van der Waals surface area (Å²) in [6.07, 6.45) is -6.64. The van der Waals surface area contributed by atoms with E-state index in [2.05, 4.69) is 0 Å². The van der Waals surface area contributed by atoms with Gasteiger partial charge in [0.2, 0.25) is 17.8 Å². The molecule has 1 fully saturated rings. The molecule has 2 aliphatic rings. The molecule has 0 unspecified atom stereocenters. The Hall–Kier alpha value is -1.15. The molecule has 2 rings (SSSR count). The van der Waals surface area contributed by atoms with E-state index in [4.69, 9.17) is 14.2 Å². The van der Waals surface area contributed by atoms with Crippen molar-refractivity contribution in [2.75, 3.05) is 0 Å². The summed E-state index contributed by atoms with van der Waals surface area (Å²) in [4.78, 5) is 11.8. The van der Waals surface area contributed by atoms with Crippen LogP contribution in [0.25, 0.3) is 0 Å². The Bertz CT molecular complexity index is 405. The maximum Gasteiger partial charge on any atom is 0.241 e. The van der Waals surface area contributed by atoms with Crippen LogP contribution in [0, 0.1) is 0 Å². The lowest BCUT2D eigenvalue weighted by molar-refractivity contribution is -0.282. The van der Waals surface area contributed by atoms with Crippen molar-refractivity contribution in [1.82, 2.24) is 0 Å². The minimum atomic E-state index is -1.45. The Labute approximate surface area is 110 Å². The molecule has 1 saturated heterocycles. The molecule has 2 aliphatic heterocycles. The first kappa shape index (κ1) is 14.3. The summed E-state index contributed by atoms with van der Waals surface area (Å²) in [7, 11) is 0. The minimum Gasteiger partial charge on any atom is -0.483 e. The number of rotatable bonds is 2. The predicted octanol–water partition coefficient (Wildman–Crippen LogP) is -0.950. The van der Waals surface area contributed by atoms with Crippen LogP contribution >= 0.6 is 0 Å². The summed E-state index contributed by atoms with van der Waals surface area (Å²) in [5.74, 6) is -0.0598. The topological polar surface area (TPSA) is 105 Å². The van der Waals surface area contributed by atoms with Gasteiger partial charge < -0.3 is 29.5 Å². The van der Waals surface area contributed by atoms with Gasteiger partial charge in [-0.3, -0.25) is 4.79 Å². The van der Waals surface area contributed by atoms with Crippen molar-refractivity contribution in [3.63, 3.8) is 0 Å². The van der Waals surface area contributed by atoms with Gasteiger partial charge in [0.25, 0.3) is 0 Å². The highest BCUT2D eigenvalue weighted by molar-refractivity contribution is 5.99. The van der Waals surface area contributed by atoms with Gasteiger partial charge in [-0.2, -0.15) is 0 Å². The SMILES string of the molecule is CC1=C(O[C@H]2O[C@@H](C)[C@@H](O)[C@@H](O)[C@@H]2O)C(=O)[C@@H](C)O1. The van der Waals surface area contributed by atoms with Crippen molar-refractivity contribution in [1.29, 1.82) is 0 Å². The fourth-order valence-corrected chi connectivity index (χ4v) is 2.10. The Morgan fingerprint density at radius 3 is 2.26 bits per heavy atom. The Kier molecular flexibility index (Phi) is 3.82. The first-order valence-corrected chi connectivity index (χ1v) is 6.11. The van der Waals surface area contributed by atoms with Gasteiger partial charge in [-0.15, -0.1) is 0 Å². The third-order valence-corrected chi connectivity index (χ3v) is 3.31. The predicted molar refractivity (Wildman–Crippen MR) is 61.7 cm³/mol. The highest BCUT2D eigenvalue weighted by Crippen LogP contribution is 2.28. The molecule has 0 aromatic rings. The molecule has 19 heavy (non-hydrogen) atoms. The van der Waals surface area contributed by atoms with Crippen LogP contribution in [0.5, 0.6) is 0 Å². The quantitative estimate of drug-likeness (QED) is 0.596. The monoisotopic (exact) mass is 274 g/mol. The van der Waals surface area contributed by atoms with Crippen LogP contribution in [0.4, 0.5) is 0 Å². The zero-order valence-electron chi connectivity index (χ0n) is 10.9. The van der Waals surface area contributed by atoms with E-state index < -0.39 is 36.8 Å². The highest BCUT2D eigenvalue weighted by atomic mass is 16.7. The van der Waals surface area contributed by atoms with E-state index in [1.807, 2.05) is 0 Å². The number of ketones is 1. The van der Waals surface area contributed by atoms with E-state index in [9.17, 15) is 20.1 Å². The number of carbonyl (C=O) groups is 1. The van der Waals surface area contributed by atoms with Gasteiger partial charge in [-0.05, 0) is 20.8 Å². The van der Waals surface area contributed by atoms with Gasteiger partial charge in [-0.25, -0.2) is 0 Å². The van der Waals surface area contributed by atoms with E-state index in [0.29, 0.717) is 5.76 Å². The van der Waals surface area contributed by atoms with Gasteiger partial charge in [0, 0.05) is 0 Å². The van der Waals surface area contributed by atoms with Gasteiger partial charge >= 0.3 is 0 Å². The number of aliphatic hydroxyl groups is 3. The fourth-order valence-electron chi connectivity index (χ4n) is 2.10. The molecule has 7 nitrogen and oxygen atoms in total. The summed E-state index contributed by atoms with van der Waals surface area (Å²) >= 11 is 0. The average molecular weight is 274 g/mol. The van der Waals surface area contributed by atoms with Crippen LogP contribution in [0.15, 0.2) is 11.5 Å². The Morgan fingerprint density at radius 2 is 1.74 bits per heavy atom. The largest absolute Gasteiger partial charge is 0.483 e. The molecule has 6 atom stereocenters. The molecule has 2 heterocycles. The molecule has 0 aliphatic carbocycles. The minimum absolute atomic E-state index is 0.0210. The number of hydrogen-bond acceptors (Lipinski definition) is 7. The molecule has 0 saturated carbocycles. The molecule has 0 radical (unpaired) electrons. The van der Waals surface area contributed by atoms with Crippen LogP contribution < -0.4 is 0 Å². The van der Waals surface area contributed by atoms with Crippen LogP contribution in [0.3, 0.4) is 0 Å². The number of carbonyl (C=O) groups excluding carboxylic acids is 1. The smallest absolute Gasteiger partial charge is 0.241 e. The average Bonchev–Trinajstić information content (AvgIpc) is 2.60. The van der Waals surface area contributed by atoms with Crippen LogP contribution in [-0.2, 0) is 19.0 Å². The van der Waals surface area contributed by atoms with Crippen molar-refractivity contribution in [2.45, 2.75) is 57.6 Å². The fraction of sp³-hybridized carbons (Fsp3) is 0.750. The van der Waals surface area contributed by atoms with Crippen molar-refractivity contribution in [2.24, 2.45) is 0 Å². The maximum absolute atomic E-state index is 11.8. The number of hydrogen-bond donors (Lipinski definition) is 3. The van der Waals surface area contributed by atoms with Crippen molar-refractivity contribution < 1.29 is 34.3 Å². The molecular formula is C12H18O7. The van der Waals surface area contributed by atoms with Crippen LogP contribution in [-0.4, -0.2) is 57.9 Å². The second-order valence-corrected chi connectivity index (χ2v) is 4.81. The number of aliphatic hydroxyl groups excluding tert-OH is 3. The Balaban J connectivity index is 2.11. The zero-order chi connectivity index (χ0) is 14.3. The third-order valence-electron chi connectivity index (χ3n) is 3.31. The second-order valence-electron chi connectivity index (χ2n) is 4.81. The Morgan fingerprint density at radius 1 is 1.11 bits per heavy atom. The number of Topliss-reactive ketones (excluding diaryl/α,β-unsaturated/α-hetero) is 1. The number of allylic oxidation sites excluding steroid dienone is 1. The zero-order valence-corrected chi connectivity index (χ0v) is 10.9. The summed E-state index contributed by atoms with van der Waals surface area (Å²) in [5.41, 5.74) is 0. The van der Waals surface area contributed by atoms with E-state index in [1.54, 1.807) is 13.8 Å². The lowest BCUT2D eigenvalue weighted by Crippen LogP contribution is -2.57. The molecular weight excluding hydrogens is 256 g/mol. The standard InChI is InChI=1S/C12H18O7/c1-4-7(13)9(15)10(16)12(18-4)19-11-6(3)17-5(2)8(11)14/h4-5,7,9-10,12-13,15-16H,1-3H3/t4-,5+,7+,9+,10-,12+/m0/s1. The molecule has 0 spiro atoms. The molecule has 0 bridgehead atoms.